The maximum absolute atomic E-state index is 12.0. The third kappa shape index (κ3) is 3.42. The lowest BCUT2D eigenvalue weighted by Gasteiger charge is -2.28. The van der Waals surface area contributed by atoms with Gasteiger partial charge in [0.05, 0.1) is 5.69 Å². The van der Waals surface area contributed by atoms with E-state index in [-0.39, 0.29) is 5.56 Å². The fourth-order valence-corrected chi connectivity index (χ4v) is 2.88. The Kier molecular flexibility index (Phi) is 4.63. The molecular formula is C17H22N4O. The van der Waals surface area contributed by atoms with Gasteiger partial charge in [-0.05, 0) is 24.1 Å². The Balaban J connectivity index is 1.66. The molecule has 0 fully saturated rings. The smallest absolute Gasteiger partial charge is 0.267 e. The Bertz CT molecular complexity index is 681. The molecule has 0 N–H and O–H groups in total. The van der Waals surface area contributed by atoms with E-state index in [2.05, 4.69) is 28.0 Å². The van der Waals surface area contributed by atoms with E-state index in [1.54, 1.807) is 10.7 Å². The fraction of sp³-hybridized carbons (Fsp3) is 0.471. The highest BCUT2D eigenvalue weighted by Crippen LogP contribution is 2.15. The van der Waals surface area contributed by atoms with Gasteiger partial charge in [-0.3, -0.25) is 14.7 Å². The molecule has 0 aliphatic carbocycles. The van der Waals surface area contributed by atoms with Crippen molar-refractivity contribution in [1.29, 1.82) is 0 Å². The first-order valence-corrected chi connectivity index (χ1v) is 7.98. The zero-order valence-corrected chi connectivity index (χ0v) is 13.0. The van der Waals surface area contributed by atoms with Gasteiger partial charge in [0.2, 0.25) is 0 Å². The second-order valence-electron chi connectivity index (χ2n) is 5.77. The first kappa shape index (κ1) is 14.9. The van der Waals surface area contributed by atoms with Crippen molar-refractivity contribution in [3.8, 4) is 0 Å². The zero-order chi connectivity index (χ0) is 15.4. The van der Waals surface area contributed by atoms with Crippen molar-refractivity contribution in [3.63, 3.8) is 0 Å². The van der Waals surface area contributed by atoms with Crippen LogP contribution in [0.15, 0.2) is 35.3 Å². The van der Waals surface area contributed by atoms with E-state index in [4.69, 9.17) is 0 Å². The Morgan fingerprint density at radius 1 is 1.27 bits per heavy atom. The van der Waals surface area contributed by atoms with Crippen molar-refractivity contribution in [3.05, 3.63) is 57.8 Å². The molecule has 0 spiro atoms. The molecule has 3 heterocycles. The van der Waals surface area contributed by atoms with Crippen LogP contribution >= 0.6 is 0 Å². The molecule has 116 valence electrons. The van der Waals surface area contributed by atoms with Gasteiger partial charge in [-0.1, -0.05) is 13.0 Å². The van der Waals surface area contributed by atoms with E-state index < -0.39 is 0 Å². The van der Waals surface area contributed by atoms with Gasteiger partial charge in [0.25, 0.3) is 5.56 Å². The van der Waals surface area contributed by atoms with Crippen molar-refractivity contribution >= 4 is 0 Å². The molecule has 3 rings (SSSR count). The summed E-state index contributed by atoms with van der Waals surface area (Å²) in [6, 6.07) is 7.79. The summed E-state index contributed by atoms with van der Waals surface area (Å²) in [5.74, 6) is 0. The summed E-state index contributed by atoms with van der Waals surface area (Å²) < 4.78 is 1.60. The SMILES string of the molecule is CCCn1nc2c(cc1=O)CN(CCc1ccccn1)CC2. The van der Waals surface area contributed by atoms with Gasteiger partial charge in [-0.15, -0.1) is 0 Å². The molecule has 0 saturated heterocycles. The number of aryl methyl sites for hydroxylation is 1. The zero-order valence-electron chi connectivity index (χ0n) is 13.0. The first-order chi connectivity index (χ1) is 10.8. The van der Waals surface area contributed by atoms with Gasteiger partial charge in [-0.25, -0.2) is 4.68 Å². The van der Waals surface area contributed by atoms with Crippen LogP contribution in [0.3, 0.4) is 0 Å². The highest BCUT2D eigenvalue weighted by molar-refractivity contribution is 5.20. The van der Waals surface area contributed by atoms with Gasteiger partial charge in [0, 0.05) is 57.0 Å². The van der Waals surface area contributed by atoms with Crippen LogP contribution in [0.1, 0.15) is 30.3 Å². The second-order valence-corrected chi connectivity index (χ2v) is 5.77. The van der Waals surface area contributed by atoms with Crippen molar-refractivity contribution in [1.82, 2.24) is 19.7 Å². The van der Waals surface area contributed by atoms with Crippen LogP contribution in [0.2, 0.25) is 0 Å². The minimum atomic E-state index is 0.0205. The molecule has 5 nitrogen and oxygen atoms in total. The number of hydrogen-bond acceptors (Lipinski definition) is 4. The number of pyridine rings is 1. The second kappa shape index (κ2) is 6.83. The molecule has 2 aromatic rings. The monoisotopic (exact) mass is 298 g/mol. The molecule has 1 aliphatic rings. The van der Waals surface area contributed by atoms with Gasteiger partial charge in [-0.2, -0.15) is 5.10 Å². The van der Waals surface area contributed by atoms with Gasteiger partial charge < -0.3 is 0 Å². The standard InChI is InChI=1S/C17H22N4O/c1-2-9-21-17(22)12-14-13-20(11-7-16(14)19-21)10-6-15-5-3-4-8-18-15/h3-5,8,12H,2,6-7,9-11,13H2,1H3. The number of fused-ring (bicyclic) bond motifs is 1. The molecule has 0 atom stereocenters. The largest absolute Gasteiger partial charge is 0.298 e. The molecule has 0 amide bonds. The van der Waals surface area contributed by atoms with Gasteiger partial charge in [0.15, 0.2) is 0 Å². The summed E-state index contributed by atoms with van der Waals surface area (Å²) in [4.78, 5) is 18.8. The molecule has 2 aromatic heterocycles. The molecule has 22 heavy (non-hydrogen) atoms. The fourth-order valence-electron chi connectivity index (χ4n) is 2.88. The molecule has 0 radical (unpaired) electrons. The lowest BCUT2D eigenvalue weighted by molar-refractivity contribution is 0.251. The molecule has 5 heteroatoms. The predicted octanol–water partition coefficient (Wildman–Crippen LogP) is 1.65. The van der Waals surface area contributed by atoms with Crippen LogP contribution in [-0.4, -0.2) is 32.8 Å². The number of nitrogens with zero attached hydrogens (tertiary/aromatic N) is 4. The molecule has 1 aliphatic heterocycles. The maximum Gasteiger partial charge on any atom is 0.267 e. The van der Waals surface area contributed by atoms with Gasteiger partial charge in [0.1, 0.15) is 0 Å². The summed E-state index contributed by atoms with van der Waals surface area (Å²) in [7, 11) is 0. The van der Waals surface area contributed by atoms with E-state index in [1.807, 2.05) is 18.3 Å². The normalized spacial score (nSPS) is 14.8. The van der Waals surface area contributed by atoms with E-state index in [0.717, 1.165) is 55.8 Å². The molecular weight excluding hydrogens is 276 g/mol. The number of aromatic nitrogens is 3. The van der Waals surface area contributed by atoms with E-state index in [0.29, 0.717) is 6.54 Å². The van der Waals surface area contributed by atoms with Crippen molar-refractivity contribution in [2.45, 2.75) is 39.3 Å². The maximum atomic E-state index is 12.0. The predicted molar refractivity (Wildman–Crippen MR) is 85.7 cm³/mol. The summed E-state index contributed by atoms with van der Waals surface area (Å²) in [6.45, 7) is 5.55. The quantitative estimate of drug-likeness (QED) is 0.842. The minimum Gasteiger partial charge on any atom is -0.298 e. The average Bonchev–Trinajstić information content (AvgIpc) is 2.55. The lowest BCUT2D eigenvalue weighted by Crippen LogP contribution is -2.36. The van der Waals surface area contributed by atoms with Gasteiger partial charge >= 0.3 is 0 Å². The molecule has 0 bridgehead atoms. The summed E-state index contributed by atoms with van der Waals surface area (Å²) in [5, 5.41) is 4.52. The van der Waals surface area contributed by atoms with Crippen molar-refractivity contribution in [2.75, 3.05) is 13.1 Å². The van der Waals surface area contributed by atoms with Crippen LogP contribution in [0, 0.1) is 0 Å². The van der Waals surface area contributed by atoms with E-state index in [1.165, 1.54) is 0 Å². The number of rotatable bonds is 5. The Labute approximate surface area is 130 Å². The minimum absolute atomic E-state index is 0.0205. The molecule has 0 aromatic carbocycles. The Morgan fingerprint density at radius 3 is 2.95 bits per heavy atom. The average molecular weight is 298 g/mol. The number of hydrogen-bond donors (Lipinski definition) is 0. The first-order valence-electron chi connectivity index (χ1n) is 7.98. The Morgan fingerprint density at radius 2 is 2.18 bits per heavy atom. The highest BCUT2D eigenvalue weighted by Gasteiger charge is 2.18. The van der Waals surface area contributed by atoms with E-state index >= 15 is 0 Å². The summed E-state index contributed by atoms with van der Waals surface area (Å²) in [5.41, 5.74) is 3.31. The third-order valence-corrected chi connectivity index (χ3v) is 4.07. The van der Waals surface area contributed by atoms with Crippen molar-refractivity contribution in [2.24, 2.45) is 0 Å². The third-order valence-electron chi connectivity index (χ3n) is 4.07. The highest BCUT2D eigenvalue weighted by atomic mass is 16.1. The van der Waals surface area contributed by atoms with Crippen molar-refractivity contribution < 1.29 is 0 Å². The van der Waals surface area contributed by atoms with Crippen LogP contribution < -0.4 is 5.56 Å². The van der Waals surface area contributed by atoms with Crippen LogP contribution in [0.25, 0.3) is 0 Å². The van der Waals surface area contributed by atoms with Crippen LogP contribution in [-0.2, 0) is 25.9 Å². The molecule has 0 unspecified atom stereocenters. The van der Waals surface area contributed by atoms with Crippen LogP contribution in [0.4, 0.5) is 0 Å². The molecule has 0 saturated carbocycles. The topological polar surface area (TPSA) is 51.0 Å². The van der Waals surface area contributed by atoms with Crippen LogP contribution in [0.5, 0.6) is 0 Å². The lowest BCUT2D eigenvalue weighted by atomic mass is 10.1. The summed E-state index contributed by atoms with van der Waals surface area (Å²) in [6.07, 6.45) is 4.63. The van der Waals surface area contributed by atoms with E-state index in [9.17, 15) is 4.79 Å². The summed E-state index contributed by atoms with van der Waals surface area (Å²) >= 11 is 0. The Hall–Kier alpha value is -2.01.